The van der Waals surface area contributed by atoms with Gasteiger partial charge in [0.1, 0.15) is 5.71 Å². The minimum absolute atomic E-state index is 0.0425. The number of halogens is 1. The largest absolute Gasteiger partial charge is 0.350 e. The van der Waals surface area contributed by atoms with Crippen LogP contribution in [0.25, 0.3) is 0 Å². The van der Waals surface area contributed by atoms with Crippen molar-refractivity contribution in [2.45, 2.75) is 32.7 Å². The number of nitrogens with zero attached hydrogens (tertiary/aromatic N) is 2. The van der Waals surface area contributed by atoms with Crippen LogP contribution in [0.5, 0.6) is 0 Å². The van der Waals surface area contributed by atoms with Gasteiger partial charge >= 0.3 is 0 Å². The number of hydrogen-bond acceptors (Lipinski definition) is 4. The predicted molar refractivity (Wildman–Crippen MR) is 92.1 cm³/mol. The van der Waals surface area contributed by atoms with Crippen molar-refractivity contribution in [2.75, 3.05) is 12.4 Å². The van der Waals surface area contributed by atoms with E-state index >= 15 is 0 Å². The fraction of sp³-hybridized carbons (Fsp3) is 0.375. The molecule has 0 saturated carbocycles. The third kappa shape index (κ3) is 4.32. The van der Waals surface area contributed by atoms with Crippen LogP contribution >= 0.6 is 11.6 Å². The molecule has 0 radical (unpaired) electrons. The molecule has 128 valence electrons. The molecule has 0 atom stereocenters. The number of hydrazone groups is 1. The zero-order chi connectivity index (χ0) is 17.9. The number of benzene rings is 1. The van der Waals surface area contributed by atoms with Crippen molar-refractivity contribution in [1.29, 1.82) is 0 Å². The van der Waals surface area contributed by atoms with Crippen LogP contribution in [-0.4, -0.2) is 41.5 Å². The Balaban J connectivity index is 2.24. The van der Waals surface area contributed by atoms with Crippen molar-refractivity contribution in [3.63, 3.8) is 0 Å². The van der Waals surface area contributed by atoms with E-state index in [1.54, 1.807) is 12.1 Å². The lowest BCUT2D eigenvalue weighted by atomic mass is 10.1. The van der Waals surface area contributed by atoms with Crippen molar-refractivity contribution >= 4 is 40.7 Å². The quantitative estimate of drug-likeness (QED) is 0.870. The van der Waals surface area contributed by atoms with Gasteiger partial charge in [-0.3, -0.25) is 14.4 Å². The Labute approximate surface area is 145 Å². The van der Waals surface area contributed by atoms with Gasteiger partial charge in [-0.15, -0.1) is 0 Å². The highest BCUT2D eigenvalue weighted by atomic mass is 35.5. The van der Waals surface area contributed by atoms with Gasteiger partial charge in [-0.25, -0.2) is 5.01 Å². The summed E-state index contributed by atoms with van der Waals surface area (Å²) in [6.07, 6.45) is 0.474. The van der Waals surface area contributed by atoms with Crippen LogP contribution in [-0.2, 0) is 9.59 Å². The maximum Gasteiger partial charge on any atom is 0.271 e. The fourth-order valence-electron chi connectivity index (χ4n) is 2.19. The zero-order valence-electron chi connectivity index (χ0n) is 13.7. The second kappa shape index (κ2) is 7.44. The average molecular weight is 351 g/mol. The Kier molecular flexibility index (Phi) is 5.56. The number of hydrogen-bond donors (Lipinski definition) is 2. The van der Waals surface area contributed by atoms with E-state index in [4.69, 9.17) is 11.6 Å². The molecule has 0 aliphatic carbocycles. The molecule has 24 heavy (non-hydrogen) atoms. The maximum atomic E-state index is 12.4. The first-order valence-electron chi connectivity index (χ1n) is 7.53. The van der Waals surface area contributed by atoms with E-state index in [0.717, 1.165) is 5.01 Å². The molecule has 0 unspecified atom stereocenters. The molecule has 2 N–H and O–H groups in total. The van der Waals surface area contributed by atoms with E-state index in [0.29, 0.717) is 16.3 Å². The van der Waals surface area contributed by atoms with E-state index < -0.39 is 5.91 Å². The molecule has 0 saturated heterocycles. The minimum Gasteiger partial charge on any atom is -0.350 e. The summed E-state index contributed by atoms with van der Waals surface area (Å²) >= 11 is 5.97. The predicted octanol–water partition coefficient (Wildman–Crippen LogP) is 2.02. The second-order valence-corrected chi connectivity index (χ2v) is 6.17. The molecule has 0 bridgehead atoms. The van der Waals surface area contributed by atoms with E-state index in [-0.39, 0.29) is 36.4 Å². The first-order valence-corrected chi connectivity index (χ1v) is 7.91. The summed E-state index contributed by atoms with van der Waals surface area (Å²) in [7, 11) is 1.50. The maximum absolute atomic E-state index is 12.4. The van der Waals surface area contributed by atoms with Crippen molar-refractivity contribution in [2.24, 2.45) is 5.10 Å². The lowest BCUT2D eigenvalue weighted by molar-refractivity contribution is -0.130. The van der Waals surface area contributed by atoms with Crippen LogP contribution in [0.2, 0.25) is 5.02 Å². The monoisotopic (exact) mass is 350 g/mol. The number of amides is 3. The van der Waals surface area contributed by atoms with Crippen LogP contribution in [0.1, 0.15) is 37.0 Å². The van der Waals surface area contributed by atoms with Gasteiger partial charge in [0.15, 0.2) is 0 Å². The van der Waals surface area contributed by atoms with Crippen molar-refractivity contribution in [3.05, 3.63) is 28.8 Å². The Morgan fingerprint density at radius 3 is 2.58 bits per heavy atom. The summed E-state index contributed by atoms with van der Waals surface area (Å²) in [6, 6.07) is 4.59. The summed E-state index contributed by atoms with van der Waals surface area (Å²) in [5.41, 5.74) is 0.836. The molecular weight excluding hydrogens is 332 g/mol. The summed E-state index contributed by atoms with van der Waals surface area (Å²) in [6.45, 7) is 3.69. The number of anilines is 1. The highest BCUT2D eigenvalue weighted by Gasteiger charge is 2.23. The molecule has 8 heteroatoms. The molecule has 1 aliphatic rings. The smallest absolute Gasteiger partial charge is 0.271 e. The van der Waals surface area contributed by atoms with E-state index in [1.165, 1.54) is 13.1 Å². The lowest BCUT2D eigenvalue weighted by Crippen LogP contribution is -2.35. The SMILES string of the molecule is CC(C)NC(=O)c1ccc(Cl)cc1NC(=O)C1=NN(C)C(=O)CC1. The standard InChI is InChI=1S/C16H19ClN4O3/c1-9(2)18-15(23)11-5-4-10(17)8-13(11)19-16(24)12-6-7-14(22)21(3)20-12/h4-5,8-9H,6-7H2,1-3H3,(H,18,23)(H,19,24). The van der Waals surface area contributed by atoms with Crippen LogP contribution in [0.4, 0.5) is 5.69 Å². The van der Waals surface area contributed by atoms with Gasteiger partial charge in [-0.2, -0.15) is 5.10 Å². The summed E-state index contributed by atoms with van der Waals surface area (Å²) in [4.78, 5) is 36.1. The first-order chi connectivity index (χ1) is 11.3. The average Bonchev–Trinajstić information content (AvgIpc) is 2.49. The molecule has 3 amide bonds. The third-order valence-corrected chi connectivity index (χ3v) is 3.60. The second-order valence-electron chi connectivity index (χ2n) is 5.74. The highest BCUT2D eigenvalue weighted by molar-refractivity contribution is 6.44. The van der Waals surface area contributed by atoms with E-state index in [1.807, 2.05) is 13.8 Å². The van der Waals surface area contributed by atoms with Crippen LogP contribution in [0.15, 0.2) is 23.3 Å². The first kappa shape index (κ1) is 17.9. The van der Waals surface area contributed by atoms with Crippen molar-refractivity contribution < 1.29 is 14.4 Å². The van der Waals surface area contributed by atoms with Gasteiger partial charge in [0.2, 0.25) is 5.91 Å². The fourth-order valence-corrected chi connectivity index (χ4v) is 2.36. The highest BCUT2D eigenvalue weighted by Crippen LogP contribution is 2.22. The molecule has 0 aromatic heterocycles. The third-order valence-electron chi connectivity index (χ3n) is 3.36. The number of carbonyl (C=O) groups is 3. The van der Waals surface area contributed by atoms with Crippen molar-refractivity contribution in [1.82, 2.24) is 10.3 Å². The summed E-state index contributed by atoms with van der Waals surface area (Å²) in [5.74, 6) is -0.920. The van der Waals surface area contributed by atoms with E-state index in [9.17, 15) is 14.4 Å². The number of carbonyl (C=O) groups excluding carboxylic acids is 3. The van der Waals surface area contributed by atoms with Gasteiger partial charge in [0.25, 0.3) is 11.8 Å². The van der Waals surface area contributed by atoms with E-state index in [2.05, 4.69) is 15.7 Å². The number of rotatable bonds is 4. The zero-order valence-corrected chi connectivity index (χ0v) is 14.5. The molecule has 1 aromatic carbocycles. The number of nitrogens with one attached hydrogen (secondary N) is 2. The van der Waals surface area contributed by atoms with Gasteiger partial charge in [-0.05, 0) is 32.0 Å². The normalized spacial score (nSPS) is 14.5. The summed E-state index contributed by atoms with van der Waals surface area (Å²) in [5, 5.41) is 10.9. The summed E-state index contributed by atoms with van der Waals surface area (Å²) < 4.78 is 0. The van der Waals surface area contributed by atoms with Crippen LogP contribution < -0.4 is 10.6 Å². The molecule has 0 spiro atoms. The lowest BCUT2D eigenvalue weighted by Gasteiger charge is -2.19. The Hall–Kier alpha value is -2.41. The minimum atomic E-state index is -0.463. The van der Waals surface area contributed by atoms with Gasteiger partial charge in [0, 0.05) is 31.0 Å². The molecule has 2 rings (SSSR count). The molecule has 1 aliphatic heterocycles. The topological polar surface area (TPSA) is 90.9 Å². The van der Waals surface area contributed by atoms with Crippen LogP contribution in [0, 0.1) is 0 Å². The Morgan fingerprint density at radius 2 is 1.96 bits per heavy atom. The molecule has 1 heterocycles. The van der Waals surface area contributed by atoms with Crippen LogP contribution in [0.3, 0.4) is 0 Å². The molecule has 0 fully saturated rings. The van der Waals surface area contributed by atoms with Gasteiger partial charge in [0.05, 0.1) is 11.3 Å². The molecular formula is C16H19ClN4O3. The van der Waals surface area contributed by atoms with Crippen molar-refractivity contribution in [3.8, 4) is 0 Å². The van der Waals surface area contributed by atoms with Gasteiger partial charge in [-0.1, -0.05) is 11.6 Å². The molecule has 1 aromatic rings. The molecule has 7 nitrogen and oxygen atoms in total. The Bertz CT molecular complexity index is 715. The Morgan fingerprint density at radius 1 is 1.25 bits per heavy atom. The van der Waals surface area contributed by atoms with Gasteiger partial charge < -0.3 is 10.6 Å².